The highest BCUT2D eigenvalue weighted by Gasteiger charge is 2.11. The molecule has 0 saturated heterocycles. The van der Waals surface area contributed by atoms with Crippen molar-refractivity contribution in [2.45, 2.75) is 0 Å². The Hall–Kier alpha value is -3.74. The fourth-order valence-electron chi connectivity index (χ4n) is 1.43. The lowest BCUT2D eigenvalue weighted by atomic mass is 10.2. The minimum absolute atomic E-state index is 0.0963. The summed E-state index contributed by atoms with van der Waals surface area (Å²) in [6.45, 7) is 0. The van der Waals surface area contributed by atoms with Crippen molar-refractivity contribution in [2.24, 2.45) is 0 Å². The monoisotopic (exact) mass is 299 g/mol. The maximum absolute atomic E-state index is 11.9. The molecular formula is C12H9N7O3. The summed E-state index contributed by atoms with van der Waals surface area (Å²) in [4.78, 5) is 25.6. The Morgan fingerprint density at radius 2 is 2.14 bits per heavy atom. The van der Waals surface area contributed by atoms with Gasteiger partial charge in [0, 0.05) is 24.0 Å². The van der Waals surface area contributed by atoms with Gasteiger partial charge >= 0.3 is 0 Å². The summed E-state index contributed by atoms with van der Waals surface area (Å²) in [7, 11) is 0. The number of nitro groups is 1. The van der Waals surface area contributed by atoms with Crippen LogP contribution >= 0.6 is 0 Å². The van der Waals surface area contributed by atoms with E-state index in [2.05, 4.69) is 25.8 Å². The number of nitrogens with zero attached hydrogens (tertiary/aromatic N) is 4. The SMILES string of the molecule is N#C/C(=C/Nc1ncn[nH]1)C(=O)Nc1ccc([N+](=O)[O-])cc1. The second-order valence-electron chi connectivity index (χ2n) is 3.91. The van der Waals surface area contributed by atoms with Crippen LogP contribution in [0.3, 0.4) is 0 Å². The van der Waals surface area contributed by atoms with Gasteiger partial charge in [0.1, 0.15) is 18.0 Å². The first kappa shape index (κ1) is 14.7. The fourth-order valence-corrected chi connectivity index (χ4v) is 1.43. The number of anilines is 2. The van der Waals surface area contributed by atoms with Crippen LogP contribution in [0.2, 0.25) is 0 Å². The molecule has 110 valence electrons. The first-order chi connectivity index (χ1) is 10.6. The number of aromatic nitrogens is 3. The molecule has 0 unspecified atom stereocenters. The van der Waals surface area contributed by atoms with Crippen LogP contribution in [0.5, 0.6) is 0 Å². The number of nitrogens with one attached hydrogen (secondary N) is 3. The molecule has 0 aliphatic heterocycles. The van der Waals surface area contributed by atoms with Crippen LogP contribution < -0.4 is 10.6 Å². The van der Waals surface area contributed by atoms with Crippen molar-refractivity contribution in [1.82, 2.24) is 15.2 Å². The summed E-state index contributed by atoms with van der Waals surface area (Å²) in [6.07, 6.45) is 2.43. The third kappa shape index (κ3) is 3.64. The number of aromatic amines is 1. The molecule has 0 bridgehead atoms. The van der Waals surface area contributed by atoms with Crippen molar-refractivity contribution in [2.75, 3.05) is 10.6 Å². The quantitative estimate of drug-likeness (QED) is 0.324. The minimum atomic E-state index is -0.664. The van der Waals surface area contributed by atoms with Gasteiger partial charge in [0.05, 0.1) is 4.92 Å². The highest BCUT2D eigenvalue weighted by atomic mass is 16.6. The third-order valence-electron chi connectivity index (χ3n) is 2.47. The largest absolute Gasteiger partial charge is 0.330 e. The Balaban J connectivity index is 2.04. The number of carbonyl (C=O) groups is 1. The van der Waals surface area contributed by atoms with Gasteiger partial charge in [0.2, 0.25) is 5.95 Å². The molecule has 0 aliphatic rings. The zero-order valence-electron chi connectivity index (χ0n) is 11.0. The number of nitro benzene ring substituents is 1. The second kappa shape index (κ2) is 6.62. The van der Waals surface area contributed by atoms with Gasteiger partial charge in [-0.1, -0.05) is 0 Å². The van der Waals surface area contributed by atoms with Crippen LogP contribution in [-0.2, 0) is 4.79 Å². The number of benzene rings is 1. The summed E-state index contributed by atoms with van der Waals surface area (Å²) in [5.74, 6) is -0.390. The first-order valence-electron chi connectivity index (χ1n) is 5.88. The van der Waals surface area contributed by atoms with E-state index in [0.29, 0.717) is 5.69 Å². The number of hydrogen-bond donors (Lipinski definition) is 3. The number of non-ortho nitro benzene ring substituents is 1. The van der Waals surface area contributed by atoms with Gasteiger partial charge in [-0.25, -0.2) is 5.10 Å². The molecule has 22 heavy (non-hydrogen) atoms. The van der Waals surface area contributed by atoms with Crippen molar-refractivity contribution < 1.29 is 9.72 Å². The maximum Gasteiger partial charge on any atom is 0.269 e. The van der Waals surface area contributed by atoms with Crippen molar-refractivity contribution in [1.29, 1.82) is 5.26 Å². The molecule has 1 heterocycles. The van der Waals surface area contributed by atoms with Crippen LogP contribution in [0, 0.1) is 21.4 Å². The molecule has 0 atom stereocenters. The zero-order chi connectivity index (χ0) is 15.9. The Morgan fingerprint density at radius 1 is 1.41 bits per heavy atom. The molecule has 2 aromatic rings. The zero-order valence-corrected chi connectivity index (χ0v) is 11.0. The Bertz CT molecular complexity index is 744. The predicted octanol–water partition coefficient (Wildman–Crippen LogP) is 1.17. The average molecular weight is 299 g/mol. The van der Waals surface area contributed by atoms with Crippen molar-refractivity contribution in [3.05, 3.63) is 52.5 Å². The number of hydrogen-bond acceptors (Lipinski definition) is 7. The number of H-pyrrole nitrogens is 1. The maximum atomic E-state index is 11.9. The van der Waals surface area contributed by atoms with E-state index in [1.807, 2.05) is 0 Å². The summed E-state index contributed by atoms with van der Waals surface area (Å²) in [5, 5.41) is 30.6. The number of rotatable bonds is 5. The first-order valence-corrected chi connectivity index (χ1v) is 5.88. The molecular weight excluding hydrogens is 290 g/mol. The minimum Gasteiger partial charge on any atom is -0.330 e. The van der Waals surface area contributed by atoms with E-state index >= 15 is 0 Å². The molecule has 0 fully saturated rings. The molecule has 10 heteroatoms. The van der Waals surface area contributed by atoms with Gasteiger partial charge in [0.15, 0.2) is 0 Å². The molecule has 3 N–H and O–H groups in total. The molecule has 0 saturated carbocycles. The van der Waals surface area contributed by atoms with Crippen LogP contribution in [0.4, 0.5) is 17.3 Å². The summed E-state index contributed by atoms with van der Waals surface area (Å²) in [5.41, 5.74) is 0.0344. The molecule has 2 rings (SSSR count). The van der Waals surface area contributed by atoms with Gasteiger partial charge < -0.3 is 10.6 Å². The molecule has 1 aromatic heterocycles. The molecule has 1 amide bonds. The number of carbonyl (C=O) groups excluding carboxylic acids is 1. The third-order valence-corrected chi connectivity index (χ3v) is 2.47. The van der Waals surface area contributed by atoms with Gasteiger partial charge in [0.25, 0.3) is 11.6 Å². The second-order valence-corrected chi connectivity index (χ2v) is 3.91. The lowest BCUT2D eigenvalue weighted by molar-refractivity contribution is -0.384. The molecule has 1 aromatic carbocycles. The molecule has 0 aliphatic carbocycles. The van der Waals surface area contributed by atoms with E-state index in [1.54, 1.807) is 6.07 Å². The Kier molecular flexibility index (Phi) is 4.41. The Labute approximate surface area is 123 Å². The van der Waals surface area contributed by atoms with Crippen molar-refractivity contribution >= 4 is 23.2 Å². The van der Waals surface area contributed by atoms with E-state index in [0.717, 1.165) is 0 Å². The van der Waals surface area contributed by atoms with E-state index in [-0.39, 0.29) is 17.2 Å². The van der Waals surface area contributed by atoms with Gasteiger partial charge in [-0.15, -0.1) is 0 Å². The number of nitriles is 1. The standard InChI is InChI=1S/C12H9N7O3/c13-5-8(6-14-12-15-7-16-18-12)11(20)17-9-1-3-10(4-2-9)19(21)22/h1-4,6-7H,(H,17,20)(H2,14,15,16,18)/b8-6-. The van der Waals surface area contributed by atoms with Crippen LogP contribution in [0.1, 0.15) is 0 Å². The highest BCUT2D eigenvalue weighted by molar-refractivity contribution is 6.06. The summed E-state index contributed by atoms with van der Waals surface area (Å²) < 4.78 is 0. The highest BCUT2D eigenvalue weighted by Crippen LogP contribution is 2.15. The van der Waals surface area contributed by atoms with Crippen molar-refractivity contribution in [3.63, 3.8) is 0 Å². The lowest BCUT2D eigenvalue weighted by Gasteiger charge is -2.04. The van der Waals surface area contributed by atoms with Gasteiger partial charge in [-0.2, -0.15) is 15.3 Å². The van der Waals surface area contributed by atoms with Crippen LogP contribution in [0.25, 0.3) is 0 Å². The normalized spacial score (nSPS) is 10.6. The van der Waals surface area contributed by atoms with E-state index in [9.17, 15) is 14.9 Å². The topological polar surface area (TPSA) is 150 Å². The Morgan fingerprint density at radius 3 is 2.68 bits per heavy atom. The summed E-state index contributed by atoms with van der Waals surface area (Å²) in [6, 6.07) is 6.97. The van der Waals surface area contributed by atoms with Crippen molar-refractivity contribution in [3.8, 4) is 6.07 Å². The van der Waals surface area contributed by atoms with Gasteiger partial charge in [-0.05, 0) is 12.1 Å². The molecule has 10 nitrogen and oxygen atoms in total. The average Bonchev–Trinajstić information content (AvgIpc) is 3.01. The lowest BCUT2D eigenvalue weighted by Crippen LogP contribution is -2.14. The fraction of sp³-hybridized carbons (Fsp3) is 0. The summed E-state index contributed by atoms with van der Waals surface area (Å²) >= 11 is 0. The van der Waals surface area contributed by atoms with E-state index in [4.69, 9.17) is 5.26 Å². The van der Waals surface area contributed by atoms with Crippen LogP contribution in [-0.4, -0.2) is 26.0 Å². The molecule has 0 spiro atoms. The molecule has 0 radical (unpaired) electrons. The number of amides is 1. The van der Waals surface area contributed by atoms with Gasteiger partial charge in [-0.3, -0.25) is 14.9 Å². The predicted molar refractivity (Wildman–Crippen MR) is 75.4 cm³/mol. The smallest absolute Gasteiger partial charge is 0.269 e. The van der Waals surface area contributed by atoms with E-state index < -0.39 is 10.8 Å². The van der Waals surface area contributed by atoms with Crippen LogP contribution in [0.15, 0.2) is 42.4 Å². The van der Waals surface area contributed by atoms with E-state index in [1.165, 1.54) is 36.8 Å².